The van der Waals surface area contributed by atoms with E-state index in [0.29, 0.717) is 0 Å². The van der Waals surface area contributed by atoms with Crippen LogP contribution in [0.4, 0.5) is 4.79 Å². The first kappa shape index (κ1) is 16.5. The van der Waals surface area contributed by atoms with Crippen molar-refractivity contribution < 1.29 is 14.3 Å². The van der Waals surface area contributed by atoms with Gasteiger partial charge in [0, 0.05) is 5.41 Å². The van der Waals surface area contributed by atoms with Crippen LogP contribution in [0.1, 0.15) is 33.3 Å². The number of rotatable bonds is 4. The maximum absolute atomic E-state index is 12.8. The molecule has 0 unspecified atom stereocenters. The standard InChI is InChI=1S/C17H24N2O3/c1-11(2)13-10-22-16(21)19(13)15(20)14(18)17(3,4)12-8-6-5-7-9-12/h5-9,11,13-14H,10,18H2,1-4H3/t13-,14-/m1/s1. The molecule has 0 aromatic heterocycles. The molecule has 5 heteroatoms. The van der Waals surface area contributed by atoms with Gasteiger partial charge < -0.3 is 10.5 Å². The number of hydrogen-bond acceptors (Lipinski definition) is 4. The Morgan fingerprint density at radius 2 is 1.91 bits per heavy atom. The average Bonchev–Trinajstić information content (AvgIpc) is 2.88. The van der Waals surface area contributed by atoms with Crippen molar-refractivity contribution in [3.05, 3.63) is 35.9 Å². The first-order valence-electron chi connectivity index (χ1n) is 7.57. The highest BCUT2D eigenvalue weighted by atomic mass is 16.6. The zero-order chi connectivity index (χ0) is 16.5. The number of cyclic esters (lactones) is 1. The third kappa shape index (κ3) is 2.86. The molecule has 0 saturated carbocycles. The molecule has 0 radical (unpaired) electrons. The summed E-state index contributed by atoms with van der Waals surface area (Å²) >= 11 is 0. The molecular weight excluding hydrogens is 280 g/mol. The monoisotopic (exact) mass is 304 g/mol. The van der Waals surface area contributed by atoms with E-state index in [1.54, 1.807) is 0 Å². The number of ether oxygens (including phenoxy) is 1. The predicted octanol–water partition coefficient (Wildman–Crippen LogP) is 2.29. The topological polar surface area (TPSA) is 72.6 Å². The molecule has 22 heavy (non-hydrogen) atoms. The van der Waals surface area contributed by atoms with Gasteiger partial charge in [0.25, 0.3) is 0 Å². The van der Waals surface area contributed by atoms with Gasteiger partial charge >= 0.3 is 6.09 Å². The SMILES string of the molecule is CC(C)[C@H]1COC(=O)N1C(=O)[C@@H](N)C(C)(C)c1ccccc1. The first-order chi connectivity index (χ1) is 10.3. The number of carbonyl (C=O) groups is 2. The van der Waals surface area contributed by atoms with Gasteiger partial charge in [0.1, 0.15) is 6.61 Å². The Kier molecular flexibility index (Phi) is 4.56. The highest BCUT2D eigenvalue weighted by molar-refractivity contribution is 5.97. The fraction of sp³-hybridized carbons (Fsp3) is 0.529. The van der Waals surface area contributed by atoms with Crippen LogP contribution in [0.5, 0.6) is 0 Å². The van der Waals surface area contributed by atoms with Gasteiger partial charge in [0.15, 0.2) is 0 Å². The number of nitrogens with zero attached hydrogens (tertiary/aromatic N) is 1. The van der Waals surface area contributed by atoms with Gasteiger partial charge in [0.2, 0.25) is 5.91 Å². The lowest BCUT2D eigenvalue weighted by Gasteiger charge is -2.34. The minimum Gasteiger partial charge on any atom is -0.447 e. The summed E-state index contributed by atoms with van der Waals surface area (Å²) in [6, 6.07) is 8.55. The van der Waals surface area contributed by atoms with E-state index in [9.17, 15) is 9.59 Å². The van der Waals surface area contributed by atoms with Crippen molar-refractivity contribution in [1.29, 1.82) is 0 Å². The summed E-state index contributed by atoms with van der Waals surface area (Å²) in [6.45, 7) is 7.98. The third-order valence-electron chi connectivity index (χ3n) is 4.47. The molecule has 2 N–H and O–H groups in total. The van der Waals surface area contributed by atoms with E-state index in [0.717, 1.165) is 5.56 Å². The molecule has 0 bridgehead atoms. The van der Waals surface area contributed by atoms with Crippen molar-refractivity contribution in [2.24, 2.45) is 11.7 Å². The minimum absolute atomic E-state index is 0.127. The number of benzene rings is 1. The summed E-state index contributed by atoms with van der Waals surface area (Å²) < 4.78 is 5.04. The summed E-state index contributed by atoms with van der Waals surface area (Å²) in [5.74, 6) is -0.252. The lowest BCUT2D eigenvalue weighted by molar-refractivity contribution is -0.132. The number of hydrogen-bond donors (Lipinski definition) is 1. The van der Waals surface area contributed by atoms with Crippen LogP contribution in [0, 0.1) is 5.92 Å². The van der Waals surface area contributed by atoms with E-state index in [4.69, 9.17) is 10.5 Å². The van der Waals surface area contributed by atoms with Gasteiger partial charge in [-0.15, -0.1) is 0 Å². The fourth-order valence-electron chi connectivity index (χ4n) is 2.69. The van der Waals surface area contributed by atoms with Crippen LogP contribution in [-0.4, -0.2) is 35.6 Å². The molecule has 0 aliphatic carbocycles. The highest BCUT2D eigenvalue weighted by Gasteiger charge is 2.45. The Morgan fingerprint density at radius 1 is 1.32 bits per heavy atom. The molecule has 5 nitrogen and oxygen atoms in total. The summed E-state index contributed by atoms with van der Waals surface area (Å²) in [5, 5.41) is 0. The van der Waals surface area contributed by atoms with Crippen molar-refractivity contribution in [2.75, 3.05) is 6.61 Å². The van der Waals surface area contributed by atoms with Crippen LogP contribution in [0.15, 0.2) is 30.3 Å². The van der Waals surface area contributed by atoms with Crippen molar-refractivity contribution in [3.8, 4) is 0 Å². The summed E-state index contributed by atoms with van der Waals surface area (Å²) in [7, 11) is 0. The van der Waals surface area contributed by atoms with E-state index in [2.05, 4.69) is 0 Å². The molecule has 0 spiro atoms. The fourth-order valence-corrected chi connectivity index (χ4v) is 2.69. The van der Waals surface area contributed by atoms with Gasteiger partial charge in [-0.1, -0.05) is 58.0 Å². The van der Waals surface area contributed by atoms with Gasteiger partial charge in [-0.05, 0) is 11.5 Å². The second kappa shape index (κ2) is 6.08. The highest BCUT2D eigenvalue weighted by Crippen LogP contribution is 2.29. The quantitative estimate of drug-likeness (QED) is 0.926. The lowest BCUT2D eigenvalue weighted by Crippen LogP contribution is -2.56. The van der Waals surface area contributed by atoms with Crippen LogP contribution in [0.25, 0.3) is 0 Å². The van der Waals surface area contributed by atoms with Crippen molar-refractivity contribution >= 4 is 12.0 Å². The Hall–Kier alpha value is -1.88. The van der Waals surface area contributed by atoms with E-state index in [1.807, 2.05) is 58.0 Å². The van der Waals surface area contributed by atoms with Crippen LogP contribution >= 0.6 is 0 Å². The zero-order valence-electron chi connectivity index (χ0n) is 13.6. The number of carbonyl (C=O) groups excluding carboxylic acids is 2. The Balaban J connectivity index is 2.26. The maximum Gasteiger partial charge on any atom is 0.417 e. The van der Waals surface area contributed by atoms with Crippen LogP contribution in [-0.2, 0) is 14.9 Å². The Bertz CT molecular complexity index is 554. The Labute approximate surface area is 131 Å². The van der Waals surface area contributed by atoms with E-state index >= 15 is 0 Å². The van der Waals surface area contributed by atoms with E-state index in [-0.39, 0.29) is 24.5 Å². The van der Waals surface area contributed by atoms with E-state index < -0.39 is 17.6 Å². The molecule has 1 saturated heterocycles. The molecule has 2 amide bonds. The first-order valence-corrected chi connectivity index (χ1v) is 7.57. The van der Waals surface area contributed by atoms with Crippen LogP contribution in [0.3, 0.4) is 0 Å². The second-order valence-electron chi connectivity index (χ2n) is 6.66. The van der Waals surface area contributed by atoms with Crippen molar-refractivity contribution in [2.45, 2.75) is 45.2 Å². The van der Waals surface area contributed by atoms with Crippen LogP contribution in [0.2, 0.25) is 0 Å². The minimum atomic E-state index is -0.818. The molecule has 2 rings (SSSR count). The smallest absolute Gasteiger partial charge is 0.417 e. The second-order valence-corrected chi connectivity index (χ2v) is 6.66. The molecule has 1 aromatic rings. The van der Waals surface area contributed by atoms with Crippen molar-refractivity contribution in [3.63, 3.8) is 0 Å². The molecule has 1 fully saturated rings. The Morgan fingerprint density at radius 3 is 2.45 bits per heavy atom. The number of nitrogens with two attached hydrogens (primary N) is 1. The van der Waals surface area contributed by atoms with Crippen molar-refractivity contribution in [1.82, 2.24) is 4.90 Å². The molecule has 1 aliphatic rings. The number of amides is 2. The zero-order valence-corrected chi connectivity index (χ0v) is 13.6. The molecular formula is C17H24N2O3. The normalized spacial score (nSPS) is 20.2. The largest absolute Gasteiger partial charge is 0.447 e. The molecule has 2 atom stereocenters. The summed E-state index contributed by atoms with van der Waals surface area (Å²) in [6.07, 6.45) is -0.594. The summed E-state index contributed by atoms with van der Waals surface area (Å²) in [4.78, 5) is 25.9. The molecule has 1 heterocycles. The van der Waals surface area contributed by atoms with E-state index in [1.165, 1.54) is 4.90 Å². The lowest BCUT2D eigenvalue weighted by atomic mass is 9.77. The van der Waals surface area contributed by atoms with Gasteiger partial charge in [-0.3, -0.25) is 4.79 Å². The van der Waals surface area contributed by atoms with Gasteiger partial charge in [0.05, 0.1) is 12.1 Å². The maximum atomic E-state index is 12.8. The molecule has 1 aromatic carbocycles. The molecule has 120 valence electrons. The van der Waals surface area contributed by atoms with Gasteiger partial charge in [-0.25, -0.2) is 9.69 Å². The van der Waals surface area contributed by atoms with Crippen LogP contribution < -0.4 is 5.73 Å². The van der Waals surface area contributed by atoms with Gasteiger partial charge in [-0.2, -0.15) is 0 Å². The average molecular weight is 304 g/mol. The number of imide groups is 1. The third-order valence-corrected chi connectivity index (χ3v) is 4.47. The summed E-state index contributed by atoms with van der Waals surface area (Å²) in [5.41, 5.74) is 6.61. The molecule has 1 aliphatic heterocycles. The predicted molar refractivity (Wildman–Crippen MR) is 84.3 cm³/mol.